The first-order valence-electron chi connectivity index (χ1n) is 6.50. The van der Waals surface area contributed by atoms with Gasteiger partial charge in [-0.3, -0.25) is 4.99 Å². The Morgan fingerprint density at radius 3 is 2.39 bits per heavy atom. The van der Waals surface area contributed by atoms with E-state index in [9.17, 15) is 0 Å². The van der Waals surface area contributed by atoms with Gasteiger partial charge in [-0.05, 0) is 19.4 Å². The van der Waals surface area contributed by atoms with E-state index in [0.29, 0.717) is 19.8 Å². The molecule has 0 heterocycles. The number of nitrogens with one attached hydrogen (secondary N) is 2. The molecule has 0 fully saturated rings. The number of ether oxygens (including phenoxy) is 1. The number of rotatable bonds is 7. The van der Waals surface area contributed by atoms with Crippen LogP contribution in [-0.2, 0) is 11.3 Å². The number of hydrogen-bond donors (Lipinski definition) is 2. The summed E-state index contributed by atoms with van der Waals surface area (Å²) in [5.41, 5.74) is 1.19. The van der Waals surface area contributed by atoms with Crippen molar-refractivity contribution in [1.29, 1.82) is 0 Å². The van der Waals surface area contributed by atoms with Gasteiger partial charge in [0.05, 0.1) is 19.8 Å². The zero-order valence-corrected chi connectivity index (χ0v) is 11.3. The SMILES string of the molecule is CCNC(=NCCOCc1ccccc1)NCC. The Hall–Kier alpha value is -1.55. The molecule has 0 radical (unpaired) electrons. The molecule has 0 aromatic heterocycles. The zero-order valence-electron chi connectivity index (χ0n) is 11.3. The molecule has 0 spiro atoms. The second kappa shape index (κ2) is 9.48. The van der Waals surface area contributed by atoms with Crippen LogP contribution in [0.1, 0.15) is 19.4 Å². The minimum absolute atomic E-state index is 0.634. The largest absolute Gasteiger partial charge is 0.375 e. The second-order valence-electron chi connectivity index (χ2n) is 3.83. The molecule has 0 amide bonds. The summed E-state index contributed by atoms with van der Waals surface area (Å²) in [6, 6.07) is 10.2. The predicted molar refractivity (Wildman–Crippen MR) is 75.8 cm³/mol. The van der Waals surface area contributed by atoms with Crippen molar-refractivity contribution in [2.24, 2.45) is 4.99 Å². The molecule has 0 aliphatic carbocycles. The van der Waals surface area contributed by atoms with E-state index in [2.05, 4.69) is 41.6 Å². The van der Waals surface area contributed by atoms with Gasteiger partial charge in [-0.15, -0.1) is 0 Å². The van der Waals surface area contributed by atoms with E-state index in [1.54, 1.807) is 0 Å². The van der Waals surface area contributed by atoms with Gasteiger partial charge >= 0.3 is 0 Å². The van der Waals surface area contributed by atoms with Gasteiger partial charge in [-0.25, -0.2) is 0 Å². The van der Waals surface area contributed by atoms with Crippen LogP contribution >= 0.6 is 0 Å². The Balaban J connectivity index is 2.18. The third-order valence-electron chi connectivity index (χ3n) is 2.31. The van der Waals surface area contributed by atoms with E-state index in [1.165, 1.54) is 5.56 Å². The van der Waals surface area contributed by atoms with Crippen molar-refractivity contribution in [3.63, 3.8) is 0 Å². The molecular weight excluding hydrogens is 226 g/mol. The van der Waals surface area contributed by atoms with Crippen LogP contribution in [0.4, 0.5) is 0 Å². The molecule has 1 rings (SSSR count). The molecule has 0 unspecified atom stereocenters. The normalized spacial score (nSPS) is 9.89. The smallest absolute Gasteiger partial charge is 0.191 e. The summed E-state index contributed by atoms with van der Waals surface area (Å²) in [7, 11) is 0. The molecule has 1 aromatic carbocycles. The van der Waals surface area contributed by atoms with Crippen molar-refractivity contribution in [1.82, 2.24) is 10.6 Å². The van der Waals surface area contributed by atoms with Crippen molar-refractivity contribution in [2.75, 3.05) is 26.2 Å². The Morgan fingerprint density at radius 2 is 1.78 bits per heavy atom. The molecule has 100 valence electrons. The van der Waals surface area contributed by atoms with Crippen LogP contribution in [0, 0.1) is 0 Å². The van der Waals surface area contributed by atoms with Gasteiger partial charge in [0.25, 0.3) is 0 Å². The molecule has 0 bridgehead atoms. The fourth-order valence-electron chi connectivity index (χ4n) is 1.50. The standard InChI is InChI=1S/C14H23N3O/c1-3-15-14(16-4-2)17-10-11-18-12-13-8-6-5-7-9-13/h5-9H,3-4,10-12H2,1-2H3,(H2,15,16,17). The Kier molecular flexibility index (Phi) is 7.64. The highest BCUT2D eigenvalue weighted by Crippen LogP contribution is 1.99. The third-order valence-corrected chi connectivity index (χ3v) is 2.31. The fraction of sp³-hybridized carbons (Fsp3) is 0.500. The van der Waals surface area contributed by atoms with Crippen molar-refractivity contribution < 1.29 is 4.74 Å². The molecule has 0 aliphatic rings. The first kappa shape index (κ1) is 14.5. The van der Waals surface area contributed by atoms with Gasteiger partial charge in [0.1, 0.15) is 0 Å². The Labute approximate surface area is 109 Å². The Bertz CT molecular complexity index is 330. The van der Waals surface area contributed by atoms with E-state index in [0.717, 1.165) is 19.0 Å². The van der Waals surface area contributed by atoms with Gasteiger partial charge in [-0.2, -0.15) is 0 Å². The second-order valence-corrected chi connectivity index (χ2v) is 3.83. The summed E-state index contributed by atoms with van der Waals surface area (Å²) in [5.74, 6) is 0.850. The molecule has 2 N–H and O–H groups in total. The molecule has 0 saturated carbocycles. The maximum atomic E-state index is 5.56. The van der Waals surface area contributed by atoms with Crippen LogP contribution in [0.15, 0.2) is 35.3 Å². The van der Waals surface area contributed by atoms with Gasteiger partial charge in [0, 0.05) is 13.1 Å². The first-order chi connectivity index (χ1) is 8.86. The van der Waals surface area contributed by atoms with Crippen LogP contribution in [0.3, 0.4) is 0 Å². The molecule has 4 nitrogen and oxygen atoms in total. The summed E-state index contributed by atoms with van der Waals surface area (Å²) in [6.45, 7) is 7.80. The number of nitrogens with zero attached hydrogens (tertiary/aromatic N) is 1. The Morgan fingerprint density at radius 1 is 1.11 bits per heavy atom. The molecule has 0 atom stereocenters. The van der Waals surface area contributed by atoms with E-state index in [1.807, 2.05) is 18.2 Å². The zero-order chi connectivity index (χ0) is 13.1. The quantitative estimate of drug-likeness (QED) is 0.440. The van der Waals surface area contributed by atoms with Crippen LogP contribution < -0.4 is 10.6 Å². The molecular formula is C14H23N3O. The van der Waals surface area contributed by atoms with E-state index in [4.69, 9.17) is 4.74 Å². The van der Waals surface area contributed by atoms with Crippen LogP contribution in [0.5, 0.6) is 0 Å². The molecule has 0 aliphatic heterocycles. The number of guanidine groups is 1. The lowest BCUT2D eigenvalue weighted by Crippen LogP contribution is -2.37. The van der Waals surface area contributed by atoms with Crippen LogP contribution in [0.25, 0.3) is 0 Å². The lowest BCUT2D eigenvalue weighted by molar-refractivity contribution is 0.128. The number of aliphatic imine (C=N–C) groups is 1. The highest BCUT2D eigenvalue weighted by atomic mass is 16.5. The molecule has 0 saturated heterocycles. The fourth-order valence-corrected chi connectivity index (χ4v) is 1.50. The molecule has 4 heteroatoms. The summed E-state index contributed by atoms with van der Waals surface area (Å²) >= 11 is 0. The average molecular weight is 249 g/mol. The maximum Gasteiger partial charge on any atom is 0.191 e. The maximum absolute atomic E-state index is 5.56. The third kappa shape index (κ3) is 6.25. The lowest BCUT2D eigenvalue weighted by atomic mass is 10.2. The summed E-state index contributed by atoms with van der Waals surface area (Å²) in [5, 5.41) is 6.35. The van der Waals surface area contributed by atoms with Crippen LogP contribution in [-0.4, -0.2) is 32.2 Å². The first-order valence-corrected chi connectivity index (χ1v) is 6.50. The van der Waals surface area contributed by atoms with E-state index in [-0.39, 0.29) is 0 Å². The minimum atomic E-state index is 0.634. The minimum Gasteiger partial charge on any atom is -0.375 e. The van der Waals surface area contributed by atoms with Crippen molar-refractivity contribution in [3.8, 4) is 0 Å². The van der Waals surface area contributed by atoms with Crippen molar-refractivity contribution >= 4 is 5.96 Å². The van der Waals surface area contributed by atoms with E-state index < -0.39 is 0 Å². The monoisotopic (exact) mass is 249 g/mol. The molecule has 18 heavy (non-hydrogen) atoms. The summed E-state index contributed by atoms with van der Waals surface area (Å²) in [6.07, 6.45) is 0. The van der Waals surface area contributed by atoms with Gasteiger partial charge < -0.3 is 15.4 Å². The highest BCUT2D eigenvalue weighted by Gasteiger charge is 1.94. The summed E-state index contributed by atoms with van der Waals surface area (Å²) < 4.78 is 5.56. The van der Waals surface area contributed by atoms with Gasteiger partial charge in [0.2, 0.25) is 0 Å². The highest BCUT2D eigenvalue weighted by molar-refractivity contribution is 5.79. The topological polar surface area (TPSA) is 45.7 Å². The number of benzene rings is 1. The average Bonchev–Trinajstić information content (AvgIpc) is 2.40. The molecule has 1 aromatic rings. The summed E-state index contributed by atoms with van der Waals surface area (Å²) in [4.78, 5) is 4.40. The lowest BCUT2D eigenvalue weighted by Gasteiger charge is -2.09. The van der Waals surface area contributed by atoms with Gasteiger partial charge in [-0.1, -0.05) is 30.3 Å². The number of hydrogen-bond acceptors (Lipinski definition) is 2. The van der Waals surface area contributed by atoms with Crippen LogP contribution in [0.2, 0.25) is 0 Å². The predicted octanol–water partition coefficient (Wildman–Crippen LogP) is 1.78. The van der Waals surface area contributed by atoms with Gasteiger partial charge in [0.15, 0.2) is 5.96 Å². The van der Waals surface area contributed by atoms with E-state index >= 15 is 0 Å². The van der Waals surface area contributed by atoms with Crippen molar-refractivity contribution in [2.45, 2.75) is 20.5 Å². The van der Waals surface area contributed by atoms with Crippen molar-refractivity contribution in [3.05, 3.63) is 35.9 Å².